The normalized spacial score (nSPS) is 10.4. The number of oxazole rings is 1. The standard InChI is InChI=1S/C13H14N2O/c1-5-12-11(7-6-8(2)14-12)13-15-9(3)10(4)16-13/h5-7H,1H2,2-4H3. The fourth-order valence-electron chi connectivity index (χ4n) is 1.50. The van der Waals surface area contributed by atoms with Crippen molar-refractivity contribution >= 4 is 6.08 Å². The highest BCUT2D eigenvalue weighted by Crippen LogP contribution is 2.24. The number of aromatic nitrogens is 2. The second-order valence-corrected chi connectivity index (χ2v) is 3.75. The van der Waals surface area contributed by atoms with Gasteiger partial charge in [0.1, 0.15) is 5.76 Å². The lowest BCUT2D eigenvalue weighted by molar-refractivity contribution is 0.540. The summed E-state index contributed by atoms with van der Waals surface area (Å²) in [5.41, 5.74) is 3.56. The molecule has 0 saturated carbocycles. The fourth-order valence-corrected chi connectivity index (χ4v) is 1.50. The zero-order chi connectivity index (χ0) is 11.7. The predicted octanol–water partition coefficient (Wildman–Crippen LogP) is 3.30. The number of pyridine rings is 1. The van der Waals surface area contributed by atoms with Crippen molar-refractivity contribution in [3.05, 3.63) is 41.6 Å². The van der Waals surface area contributed by atoms with Crippen LogP contribution < -0.4 is 0 Å². The molecule has 0 N–H and O–H groups in total. The maximum atomic E-state index is 5.58. The average molecular weight is 214 g/mol. The van der Waals surface area contributed by atoms with E-state index in [1.165, 1.54) is 0 Å². The van der Waals surface area contributed by atoms with Crippen LogP contribution >= 0.6 is 0 Å². The molecule has 3 nitrogen and oxygen atoms in total. The Bertz CT molecular complexity index is 521. The van der Waals surface area contributed by atoms with Crippen LogP contribution in [0.25, 0.3) is 17.5 Å². The number of hydrogen-bond donors (Lipinski definition) is 0. The Labute approximate surface area is 94.9 Å². The monoisotopic (exact) mass is 214 g/mol. The SMILES string of the molecule is C=Cc1nc(C)ccc1-c1nc(C)c(C)o1. The van der Waals surface area contributed by atoms with Crippen molar-refractivity contribution < 1.29 is 4.42 Å². The summed E-state index contributed by atoms with van der Waals surface area (Å²) in [6, 6.07) is 3.90. The lowest BCUT2D eigenvalue weighted by Gasteiger charge is -2.01. The molecule has 0 fully saturated rings. The Morgan fingerprint density at radius 3 is 2.50 bits per heavy atom. The second kappa shape index (κ2) is 3.93. The number of aryl methyl sites for hydroxylation is 3. The van der Waals surface area contributed by atoms with Crippen molar-refractivity contribution in [3.8, 4) is 11.5 Å². The van der Waals surface area contributed by atoms with Crippen LogP contribution in [0.4, 0.5) is 0 Å². The molecule has 0 amide bonds. The zero-order valence-corrected chi connectivity index (χ0v) is 9.74. The van der Waals surface area contributed by atoms with Crippen LogP contribution in [0.5, 0.6) is 0 Å². The van der Waals surface area contributed by atoms with Crippen LogP contribution in [0.2, 0.25) is 0 Å². The fraction of sp³-hybridized carbons (Fsp3) is 0.231. The number of nitrogens with zero attached hydrogens (tertiary/aromatic N) is 2. The molecule has 0 aliphatic carbocycles. The molecule has 0 radical (unpaired) electrons. The van der Waals surface area contributed by atoms with Gasteiger partial charge in [-0.1, -0.05) is 6.58 Å². The first kappa shape index (κ1) is 10.6. The summed E-state index contributed by atoms with van der Waals surface area (Å²) >= 11 is 0. The molecule has 0 aliphatic rings. The molecular formula is C13H14N2O. The van der Waals surface area contributed by atoms with Crippen molar-refractivity contribution in [2.45, 2.75) is 20.8 Å². The molecule has 0 bridgehead atoms. The van der Waals surface area contributed by atoms with E-state index in [1.54, 1.807) is 6.08 Å². The van der Waals surface area contributed by atoms with Crippen molar-refractivity contribution in [2.24, 2.45) is 0 Å². The smallest absolute Gasteiger partial charge is 0.228 e. The van der Waals surface area contributed by atoms with E-state index in [1.807, 2.05) is 32.9 Å². The summed E-state index contributed by atoms with van der Waals surface area (Å²) in [5.74, 6) is 1.45. The second-order valence-electron chi connectivity index (χ2n) is 3.75. The summed E-state index contributed by atoms with van der Waals surface area (Å²) < 4.78 is 5.58. The van der Waals surface area contributed by atoms with Gasteiger partial charge < -0.3 is 4.42 Å². The van der Waals surface area contributed by atoms with E-state index in [-0.39, 0.29) is 0 Å². The third-order valence-electron chi connectivity index (χ3n) is 2.52. The number of rotatable bonds is 2. The Morgan fingerprint density at radius 1 is 1.19 bits per heavy atom. The average Bonchev–Trinajstić information content (AvgIpc) is 2.59. The maximum Gasteiger partial charge on any atom is 0.228 e. The van der Waals surface area contributed by atoms with Gasteiger partial charge in [-0.3, -0.25) is 4.98 Å². The summed E-state index contributed by atoms with van der Waals surface area (Å²) in [7, 11) is 0. The summed E-state index contributed by atoms with van der Waals surface area (Å²) in [6.07, 6.45) is 1.72. The Balaban J connectivity index is 2.59. The minimum absolute atomic E-state index is 0.609. The first-order valence-electron chi connectivity index (χ1n) is 5.16. The summed E-state index contributed by atoms with van der Waals surface area (Å²) in [6.45, 7) is 9.53. The summed E-state index contributed by atoms with van der Waals surface area (Å²) in [5, 5.41) is 0. The minimum Gasteiger partial charge on any atom is -0.441 e. The van der Waals surface area contributed by atoms with Crippen molar-refractivity contribution in [2.75, 3.05) is 0 Å². The quantitative estimate of drug-likeness (QED) is 0.769. The molecule has 0 aliphatic heterocycles. The largest absolute Gasteiger partial charge is 0.441 e. The molecule has 82 valence electrons. The molecular weight excluding hydrogens is 200 g/mol. The zero-order valence-electron chi connectivity index (χ0n) is 9.74. The van der Waals surface area contributed by atoms with E-state index in [0.717, 1.165) is 28.4 Å². The predicted molar refractivity (Wildman–Crippen MR) is 64.0 cm³/mol. The molecule has 2 heterocycles. The van der Waals surface area contributed by atoms with E-state index >= 15 is 0 Å². The van der Waals surface area contributed by atoms with Gasteiger partial charge in [0.2, 0.25) is 5.89 Å². The third-order valence-corrected chi connectivity index (χ3v) is 2.52. The lowest BCUT2D eigenvalue weighted by atomic mass is 10.1. The molecule has 16 heavy (non-hydrogen) atoms. The van der Waals surface area contributed by atoms with E-state index in [4.69, 9.17) is 4.42 Å². The van der Waals surface area contributed by atoms with Crippen LogP contribution in [0.15, 0.2) is 23.1 Å². The molecule has 0 unspecified atom stereocenters. The Kier molecular flexibility index (Phi) is 2.60. The van der Waals surface area contributed by atoms with Gasteiger partial charge in [0, 0.05) is 5.69 Å². The first-order chi connectivity index (χ1) is 7.61. The Hall–Kier alpha value is -1.90. The van der Waals surface area contributed by atoms with Gasteiger partial charge in [0.15, 0.2) is 0 Å². The van der Waals surface area contributed by atoms with Gasteiger partial charge in [0.05, 0.1) is 17.0 Å². The molecule has 0 aromatic carbocycles. The minimum atomic E-state index is 0.609. The van der Waals surface area contributed by atoms with Gasteiger partial charge in [-0.05, 0) is 39.0 Å². The van der Waals surface area contributed by atoms with Crippen LogP contribution in [0.1, 0.15) is 22.8 Å². The maximum absolute atomic E-state index is 5.58. The van der Waals surface area contributed by atoms with Gasteiger partial charge in [-0.15, -0.1) is 0 Å². The Morgan fingerprint density at radius 2 is 1.94 bits per heavy atom. The lowest BCUT2D eigenvalue weighted by Crippen LogP contribution is -1.90. The van der Waals surface area contributed by atoms with E-state index in [0.29, 0.717) is 5.89 Å². The molecule has 2 aromatic heterocycles. The highest BCUT2D eigenvalue weighted by Gasteiger charge is 2.11. The molecule has 2 aromatic rings. The molecule has 2 rings (SSSR count). The van der Waals surface area contributed by atoms with Gasteiger partial charge in [-0.25, -0.2) is 4.98 Å². The number of hydrogen-bond acceptors (Lipinski definition) is 3. The molecule has 0 saturated heterocycles. The van der Waals surface area contributed by atoms with E-state index < -0.39 is 0 Å². The summed E-state index contributed by atoms with van der Waals surface area (Å²) in [4.78, 5) is 8.75. The molecule has 0 spiro atoms. The van der Waals surface area contributed by atoms with Crippen LogP contribution in [0.3, 0.4) is 0 Å². The van der Waals surface area contributed by atoms with Gasteiger partial charge in [-0.2, -0.15) is 0 Å². The third kappa shape index (κ3) is 1.76. The van der Waals surface area contributed by atoms with Crippen molar-refractivity contribution in [1.82, 2.24) is 9.97 Å². The topological polar surface area (TPSA) is 38.9 Å². The van der Waals surface area contributed by atoms with E-state index in [9.17, 15) is 0 Å². The highest BCUT2D eigenvalue weighted by atomic mass is 16.4. The first-order valence-corrected chi connectivity index (χ1v) is 5.16. The van der Waals surface area contributed by atoms with Crippen molar-refractivity contribution in [1.29, 1.82) is 0 Å². The van der Waals surface area contributed by atoms with Crippen molar-refractivity contribution in [3.63, 3.8) is 0 Å². The molecule has 3 heteroatoms. The van der Waals surface area contributed by atoms with Crippen LogP contribution in [-0.2, 0) is 0 Å². The van der Waals surface area contributed by atoms with Gasteiger partial charge >= 0.3 is 0 Å². The van der Waals surface area contributed by atoms with Gasteiger partial charge in [0.25, 0.3) is 0 Å². The van der Waals surface area contributed by atoms with Crippen LogP contribution in [-0.4, -0.2) is 9.97 Å². The molecule has 0 atom stereocenters. The highest BCUT2D eigenvalue weighted by molar-refractivity contribution is 5.66. The van der Waals surface area contributed by atoms with Crippen LogP contribution in [0, 0.1) is 20.8 Å². The van der Waals surface area contributed by atoms with E-state index in [2.05, 4.69) is 16.5 Å².